The molecule has 1 N–H and O–H groups in total. The lowest BCUT2D eigenvalue weighted by Gasteiger charge is -2.09. The molecule has 0 fully saturated rings. The van der Waals surface area contributed by atoms with Crippen molar-refractivity contribution in [2.24, 2.45) is 0 Å². The molecule has 0 unspecified atom stereocenters. The second kappa shape index (κ2) is 6.74. The number of anilines is 1. The summed E-state index contributed by atoms with van der Waals surface area (Å²) in [5, 5.41) is 10.7. The average molecular weight is 354 g/mol. The van der Waals surface area contributed by atoms with Crippen LogP contribution in [0.1, 0.15) is 0 Å². The minimum Gasteiger partial charge on any atom is -0.280 e. The molecular formula is C18H14N2O4S. The van der Waals surface area contributed by atoms with E-state index in [-0.39, 0.29) is 10.6 Å². The molecule has 0 saturated carbocycles. The van der Waals surface area contributed by atoms with E-state index in [0.29, 0.717) is 5.69 Å². The molecule has 0 aliphatic rings. The van der Waals surface area contributed by atoms with Gasteiger partial charge in [0.2, 0.25) is 0 Å². The minimum atomic E-state index is -3.63. The average Bonchev–Trinajstić information content (AvgIpc) is 2.63. The van der Waals surface area contributed by atoms with Crippen LogP contribution in [0.2, 0.25) is 0 Å². The van der Waals surface area contributed by atoms with Crippen molar-refractivity contribution < 1.29 is 13.3 Å². The first kappa shape index (κ1) is 16.7. The molecule has 3 aromatic carbocycles. The van der Waals surface area contributed by atoms with Crippen LogP contribution in [0.4, 0.5) is 11.4 Å². The van der Waals surface area contributed by atoms with Crippen molar-refractivity contribution in [2.45, 2.75) is 4.90 Å². The van der Waals surface area contributed by atoms with Gasteiger partial charge in [-0.3, -0.25) is 14.8 Å². The highest BCUT2D eigenvalue weighted by Gasteiger charge is 2.13. The number of hydrogen-bond acceptors (Lipinski definition) is 4. The second-order valence-electron chi connectivity index (χ2n) is 5.30. The van der Waals surface area contributed by atoms with Gasteiger partial charge >= 0.3 is 0 Å². The number of hydrogen-bond donors (Lipinski definition) is 1. The number of benzene rings is 3. The van der Waals surface area contributed by atoms with Crippen molar-refractivity contribution in [3.05, 3.63) is 89.0 Å². The highest BCUT2D eigenvalue weighted by atomic mass is 32.2. The maximum atomic E-state index is 12.3. The lowest BCUT2D eigenvalue weighted by Crippen LogP contribution is -2.12. The molecule has 0 spiro atoms. The molecule has 0 aromatic heterocycles. The van der Waals surface area contributed by atoms with Gasteiger partial charge in [-0.05, 0) is 47.5 Å². The monoisotopic (exact) mass is 354 g/mol. The fraction of sp³-hybridized carbons (Fsp3) is 0. The van der Waals surface area contributed by atoms with Gasteiger partial charge < -0.3 is 0 Å². The summed E-state index contributed by atoms with van der Waals surface area (Å²) < 4.78 is 27.1. The largest absolute Gasteiger partial charge is 0.280 e. The molecule has 0 aliphatic heterocycles. The van der Waals surface area contributed by atoms with Gasteiger partial charge in [0.1, 0.15) is 0 Å². The van der Waals surface area contributed by atoms with Gasteiger partial charge in [-0.15, -0.1) is 0 Å². The summed E-state index contributed by atoms with van der Waals surface area (Å²) in [6.45, 7) is 0. The fourth-order valence-electron chi connectivity index (χ4n) is 2.32. The summed E-state index contributed by atoms with van der Waals surface area (Å²) in [6, 6.07) is 21.1. The highest BCUT2D eigenvalue weighted by Crippen LogP contribution is 2.24. The van der Waals surface area contributed by atoms with Crippen molar-refractivity contribution in [2.75, 3.05) is 4.72 Å². The Morgan fingerprint density at radius 2 is 1.28 bits per heavy atom. The van der Waals surface area contributed by atoms with Crippen molar-refractivity contribution in [1.29, 1.82) is 0 Å². The number of nitro groups is 1. The van der Waals surface area contributed by atoms with E-state index in [1.807, 2.05) is 0 Å². The number of nitrogens with zero attached hydrogens (tertiary/aromatic N) is 1. The molecule has 0 aliphatic carbocycles. The van der Waals surface area contributed by atoms with Crippen molar-refractivity contribution in [3.63, 3.8) is 0 Å². The van der Waals surface area contributed by atoms with E-state index in [1.165, 1.54) is 24.3 Å². The maximum Gasteiger partial charge on any atom is 0.269 e. The third-order valence-corrected chi connectivity index (χ3v) is 5.00. The number of nitro benzene ring substituents is 1. The Labute approximate surface area is 145 Å². The second-order valence-corrected chi connectivity index (χ2v) is 6.98. The van der Waals surface area contributed by atoms with Crippen LogP contribution in [0.3, 0.4) is 0 Å². The Kier molecular flexibility index (Phi) is 4.49. The molecule has 25 heavy (non-hydrogen) atoms. The molecule has 7 heteroatoms. The molecule has 6 nitrogen and oxygen atoms in total. The molecule has 0 radical (unpaired) electrons. The standard InChI is InChI=1S/C18H14N2O4S/c21-20(22)17-12-8-15(9-13-17)14-6-10-16(11-7-14)19-25(23,24)18-4-2-1-3-5-18/h1-13,19H. The van der Waals surface area contributed by atoms with Gasteiger partial charge in [0.25, 0.3) is 15.7 Å². The molecular weight excluding hydrogens is 340 g/mol. The fourth-order valence-corrected chi connectivity index (χ4v) is 3.40. The van der Waals surface area contributed by atoms with Crippen LogP contribution in [0.15, 0.2) is 83.8 Å². The van der Waals surface area contributed by atoms with E-state index in [4.69, 9.17) is 0 Å². The summed E-state index contributed by atoms with van der Waals surface area (Å²) in [6.07, 6.45) is 0. The van der Waals surface area contributed by atoms with Gasteiger partial charge in [-0.25, -0.2) is 8.42 Å². The lowest BCUT2D eigenvalue weighted by molar-refractivity contribution is -0.384. The molecule has 0 amide bonds. The van der Waals surface area contributed by atoms with Gasteiger partial charge in [0.15, 0.2) is 0 Å². The first-order valence-electron chi connectivity index (χ1n) is 7.38. The van der Waals surface area contributed by atoms with Crippen LogP contribution in [0, 0.1) is 10.1 Å². The SMILES string of the molecule is O=[N+]([O-])c1ccc(-c2ccc(NS(=O)(=O)c3ccccc3)cc2)cc1. The summed E-state index contributed by atoms with van der Waals surface area (Å²) in [4.78, 5) is 10.4. The topological polar surface area (TPSA) is 89.3 Å². The van der Waals surface area contributed by atoms with Crippen molar-refractivity contribution in [1.82, 2.24) is 0 Å². The molecule has 0 heterocycles. The first-order valence-corrected chi connectivity index (χ1v) is 8.87. The molecule has 0 saturated heterocycles. The zero-order valence-corrected chi connectivity index (χ0v) is 13.8. The van der Waals surface area contributed by atoms with Crippen LogP contribution in [-0.2, 0) is 10.0 Å². The van der Waals surface area contributed by atoms with Gasteiger partial charge in [0.05, 0.1) is 9.82 Å². The normalized spacial score (nSPS) is 11.0. The Balaban J connectivity index is 1.79. The lowest BCUT2D eigenvalue weighted by atomic mass is 10.1. The number of rotatable bonds is 5. The van der Waals surface area contributed by atoms with Crippen molar-refractivity contribution >= 4 is 21.4 Å². The number of sulfonamides is 1. The summed E-state index contributed by atoms with van der Waals surface area (Å²) >= 11 is 0. The summed E-state index contributed by atoms with van der Waals surface area (Å²) in [7, 11) is -3.63. The predicted molar refractivity (Wildman–Crippen MR) is 95.8 cm³/mol. The van der Waals surface area contributed by atoms with Crippen LogP contribution < -0.4 is 4.72 Å². The minimum absolute atomic E-state index is 0.0241. The van der Waals surface area contributed by atoms with E-state index >= 15 is 0 Å². The molecule has 126 valence electrons. The number of nitrogens with one attached hydrogen (secondary N) is 1. The summed E-state index contributed by atoms with van der Waals surface area (Å²) in [5.74, 6) is 0. The first-order chi connectivity index (χ1) is 12.0. The van der Waals surface area contributed by atoms with E-state index in [2.05, 4.69) is 4.72 Å². The number of non-ortho nitro benzene ring substituents is 1. The summed E-state index contributed by atoms with van der Waals surface area (Å²) in [5.41, 5.74) is 2.10. The zero-order valence-electron chi connectivity index (χ0n) is 13.0. The van der Waals surface area contributed by atoms with E-state index in [9.17, 15) is 18.5 Å². The van der Waals surface area contributed by atoms with Gasteiger partial charge in [-0.2, -0.15) is 0 Å². The van der Waals surface area contributed by atoms with Crippen molar-refractivity contribution in [3.8, 4) is 11.1 Å². The van der Waals surface area contributed by atoms with E-state index in [1.54, 1.807) is 54.6 Å². The molecule has 3 rings (SSSR count). The zero-order chi connectivity index (χ0) is 17.9. The Bertz CT molecular complexity index is 984. The Morgan fingerprint density at radius 3 is 1.80 bits per heavy atom. The predicted octanol–water partition coefficient (Wildman–Crippen LogP) is 4.06. The quantitative estimate of drug-likeness (QED) is 0.552. The molecule has 3 aromatic rings. The van der Waals surface area contributed by atoms with E-state index < -0.39 is 14.9 Å². The maximum absolute atomic E-state index is 12.3. The molecule has 0 atom stereocenters. The van der Waals surface area contributed by atoms with Crippen LogP contribution >= 0.6 is 0 Å². The van der Waals surface area contributed by atoms with E-state index in [0.717, 1.165) is 11.1 Å². The van der Waals surface area contributed by atoms with Gasteiger partial charge in [0, 0.05) is 17.8 Å². The van der Waals surface area contributed by atoms with Crippen LogP contribution in [-0.4, -0.2) is 13.3 Å². The smallest absolute Gasteiger partial charge is 0.269 e. The highest BCUT2D eigenvalue weighted by molar-refractivity contribution is 7.92. The van der Waals surface area contributed by atoms with Crippen LogP contribution in [0.25, 0.3) is 11.1 Å². The Morgan fingerprint density at radius 1 is 0.760 bits per heavy atom. The van der Waals surface area contributed by atoms with Gasteiger partial charge in [-0.1, -0.05) is 30.3 Å². The third kappa shape index (κ3) is 3.84. The Hall–Kier alpha value is -3.19. The third-order valence-electron chi connectivity index (χ3n) is 3.60. The van der Waals surface area contributed by atoms with Crippen LogP contribution in [0.5, 0.6) is 0 Å². The molecule has 0 bridgehead atoms.